The number of amides is 1. The largest absolute Gasteiger partial charge is 0.395 e. The van der Waals surface area contributed by atoms with E-state index in [1.807, 2.05) is 18.7 Å². The maximum absolute atomic E-state index is 13.8. The highest BCUT2D eigenvalue weighted by atomic mass is 19.1. The van der Waals surface area contributed by atoms with Gasteiger partial charge < -0.3 is 10.8 Å². The van der Waals surface area contributed by atoms with Crippen LogP contribution < -0.4 is 5.73 Å². The van der Waals surface area contributed by atoms with Gasteiger partial charge in [0.1, 0.15) is 5.82 Å². The van der Waals surface area contributed by atoms with E-state index in [9.17, 15) is 9.18 Å². The van der Waals surface area contributed by atoms with Crippen molar-refractivity contribution in [2.45, 2.75) is 26.4 Å². The van der Waals surface area contributed by atoms with Gasteiger partial charge in [-0.05, 0) is 26.0 Å². The maximum atomic E-state index is 13.8. The molecule has 4 nitrogen and oxygen atoms in total. The van der Waals surface area contributed by atoms with Crippen LogP contribution in [0.5, 0.6) is 0 Å². The van der Waals surface area contributed by atoms with Gasteiger partial charge in [0.2, 0.25) is 5.91 Å². The van der Waals surface area contributed by atoms with Crippen LogP contribution in [-0.2, 0) is 6.54 Å². The summed E-state index contributed by atoms with van der Waals surface area (Å²) in [6.07, 6.45) is 0. The average Bonchev–Trinajstić information content (AvgIpc) is 2.30. The summed E-state index contributed by atoms with van der Waals surface area (Å²) in [7, 11) is 0. The molecule has 0 bridgehead atoms. The summed E-state index contributed by atoms with van der Waals surface area (Å²) >= 11 is 0. The standard InChI is InChI=1S/C13H19FN2O2/c1-9(2)16(5-6-17)8-11-4-3-10(13(15)18)7-12(11)14/h3-4,7,9,17H,5-6,8H2,1-2H3,(H2,15,18). The minimum absolute atomic E-state index is 0.0270. The zero-order valence-electron chi connectivity index (χ0n) is 10.7. The maximum Gasteiger partial charge on any atom is 0.248 e. The van der Waals surface area contributed by atoms with E-state index in [0.29, 0.717) is 18.7 Å². The molecule has 100 valence electrons. The number of aliphatic hydroxyl groups is 1. The number of carbonyl (C=O) groups excluding carboxylic acids is 1. The van der Waals surface area contributed by atoms with Crippen LogP contribution in [0.25, 0.3) is 0 Å². The SMILES string of the molecule is CC(C)N(CCO)Cc1ccc(C(N)=O)cc1F. The van der Waals surface area contributed by atoms with Crippen LogP contribution in [0, 0.1) is 5.82 Å². The third kappa shape index (κ3) is 3.78. The van der Waals surface area contributed by atoms with Gasteiger partial charge in [0, 0.05) is 30.3 Å². The predicted octanol–water partition coefficient (Wildman–Crippen LogP) is 1.13. The van der Waals surface area contributed by atoms with Crippen molar-refractivity contribution in [1.82, 2.24) is 4.90 Å². The molecule has 0 saturated heterocycles. The van der Waals surface area contributed by atoms with Crippen molar-refractivity contribution in [1.29, 1.82) is 0 Å². The number of halogens is 1. The lowest BCUT2D eigenvalue weighted by Crippen LogP contribution is -2.33. The molecule has 0 aliphatic rings. The molecule has 1 amide bonds. The zero-order chi connectivity index (χ0) is 13.7. The molecule has 0 spiro atoms. The van der Waals surface area contributed by atoms with E-state index in [1.54, 1.807) is 6.07 Å². The van der Waals surface area contributed by atoms with E-state index in [2.05, 4.69) is 0 Å². The lowest BCUT2D eigenvalue weighted by atomic mass is 10.1. The Morgan fingerprint density at radius 3 is 2.61 bits per heavy atom. The fraction of sp³-hybridized carbons (Fsp3) is 0.462. The van der Waals surface area contributed by atoms with Gasteiger partial charge in [-0.15, -0.1) is 0 Å². The summed E-state index contributed by atoms with van der Waals surface area (Å²) < 4.78 is 13.8. The number of benzene rings is 1. The van der Waals surface area contributed by atoms with Crippen molar-refractivity contribution >= 4 is 5.91 Å². The summed E-state index contributed by atoms with van der Waals surface area (Å²) in [5.41, 5.74) is 5.73. The van der Waals surface area contributed by atoms with Gasteiger partial charge in [-0.25, -0.2) is 4.39 Å². The lowest BCUT2D eigenvalue weighted by Gasteiger charge is -2.25. The highest BCUT2D eigenvalue weighted by Gasteiger charge is 2.13. The molecule has 0 atom stereocenters. The second-order valence-corrected chi connectivity index (χ2v) is 4.46. The number of hydrogen-bond donors (Lipinski definition) is 2. The molecule has 0 heterocycles. The fourth-order valence-corrected chi connectivity index (χ4v) is 1.70. The van der Waals surface area contributed by atoms with E-state index in [0.717, 1.165) is 6.07 Å². The minimum Gasteiger partial charge on any atom is -0.395 e. The van der Waals surface area contributed by atoms with Crippen molar-refractivity contribution in [3.8, 4) is 0 Å². The Labute approximate surface area is 106 Å². The lowest BCUT2D eigenvalue weighted by molar-refractivity contribution is 0.0999. The van der Waals surface area contributed by atoms with Crippen LogP contribution >= 0.6 is 0 Å². The normalized spacial score (nSPS) is 11.2. The Balaban J connectivity index is 2.86. The smallest absolute Gasteiger partial charge is 0.248 e. The third-order valence-corrected chi connectivity index (χ3v) is 2.83. The Bertz CT molecular complexity index is 421. The van der Waals surface area contributed by atoms with Crippen molar-refractivity contribution in [2.24, 2.45) is 5.73 Å². The molecular formula is C13H19FN2O2. The molecule has 5 heteroatoms. The highest BCUT2D eigenvalue weighted by Crippen LogP contribution is 2.14. The van der Waals surface area contributed by atoms with E-state index in [1.165, 1.54) is 6.07 Å². The molecule has 1 rings (SSSR count). The van der Waals surface area contributed by atoms with Crippen LogP contribution in [0.1, 0.15) is 29.8 Å². The molecular weight excluding hydrogens is 235 g/mol. The monoisotopic (exact) mass is 254 g/mol. The van der Waals surface area contributed by atoms with Crippen molar-refractivity contribution in [3.05, 3.63) is 35.1 Å². The first-order valence-electron chi connectivity index (χ1n) is 5.88. The summed E-state index contributed by atoms with van der Waals surface area (Å²) in [4.78, 5) is 12.9. The van der Waals surface area contributed by atoms with Crippen LogP contribution in [0.3, 0.4) is 0 Å². The molecule has 3 N–H and O–H groups in total. The topological polar surface area (TPSA) is 66.6 Å². The molecule has 0 aliphatic carbocycles. The molecule has 0 radical (unpaired) electrons. The number of nitrogens with zero attached hydrogens (tertiary/aromatic N) is 1. The van der Waals surface area contributed by atoms with Gasteiger partial charge in [0.15, 0.2) is 0 Å². The first-order chi connectivity index (χ1) is 8.45. The number of aliphatic hydroxyl groups excluding tert-OH is 1. The Hall–Kier alpha value is -1.46. The highest BCUT2D eigenvalue weighted by molar-refractivity contribution is 5.92. The summed E-state index contributed by atoms with van der Waals surface area (Å²) in [6.45, 7) is 4.85. The fourth-order valence-electron chi connectivity index (χ4n) is 1.70. The molecule has 1 aromatic rings. The van der Waals surface area contributed by atoms with Gasteiger partial charge in [-0.2, -0.15) is 0 Å². The first kappa shape index (κ1) is 14.6. The Morgan fingerprint density at radius 2 is 2.17 bits per heavy atom. The Morgan fingerprint density at radius 1 is 1.50 bits per heavy atom. The summed E-state index contributed by atoms with van der Waals surface area (Å²) in [5.74, 6) is -1.09. The van der Waals surface area contributed by atoms with Gasteiger partial charge in [-0.1, -0.05) is 6.07 Å². The van der Waals surface area contributed by atoms with Crippen LogP contribution in [0.2, 0.25) is 0 Å². The molecule has 0 saturated carbocycles. The van der Waals surface area contributed by atoms with Gasteiger partial charge in [0.05, 0.1) is 6.61 Å². The number of nitrogens with two attached hydrogens (primary N) is 1. The number of rotatable bonds is 6. The van der Waals surface area contributed by atoms with E-state index in [-0.39, 0.29) is 18.2 Å². The zero-order valence-corrected chi connectivity index (χ0v) is 10.7. The molecule has 0 aliphatic heterocycles. The third-order valence-electron chi connectivity index (χ3n) is 2.83. The van der Waals surface area contributed by atoms with Gasteiger partial charge in [-0.3, -0.25) is 9.69 Å². The molecule has 0 aromatic heterocycles. The van der Waals surface area contributed by atoms with Gasteiger partial charge >= 0.3 is 0 Å². The van der Waals surface area contributed by atoms with Crippen LogP contribution in [0.15, 0.2) is 18.2 Å². The summed E-state index contributed by atoms with van der Waals surface area (Å²) in [6, 6.07) is 4.42. The van der Waals surface area contributed by atoms with Crippen LogP contribution in [0.4, 0.5) is 4.39 Å². The van der Waals surface area contributed by atoms with E-state index >= 15 is 0 Å². The molecule has 0 unspecified atom stereocenters. The quantitative estimate of drug-likeness (QED) is 0.799. The molecule has 18 heavy (non-hydrogen) atoms. The second kappa shape index (κ2) is 6.47. The number of primary amides is 1. The predicted molar refractivity (Wildman–Crippen MR) is 67.5 cm³/mol. The van der Waals surface area contributed by atoms with Crippen LogP contribution in [-0.4, -0.2) is 35.1 Å². The van der Waals surface area contributed by atoms with E-state index < -0.39 is 11.7 Å². The summed E-state index contributed by atoms with van der Waals surface area (Å²) in [5, 5.41) is 8.95. The Kier molecular flexibility index (Phi) is 5.25. The van der Waals surface area contributed by atoms with E-state index in [4.69, 9.17) is 10.8 Å². The van der Waals surface area contributed by atoms with Crippen molar-refractivity contribution < 1.29 is 14.3 Å². The molecule has 1 aromatic carbocycles. The van der Waals surface area contributed by atoms with Crippen molar-refractivity contribution in [2.75, 3.05) is 13.2 Å². The molecule has 0 fully saturated rings. The number of hydrogen-bond acceptors (Lipinski definition) is 3. The number of carbonyl (C=O) groups is 1. The van der Waals surface area contributed by atoms with Crippen molar-refractivity contribution in [3.63, 3.8) is 0 Å². The minimum atomic E-state index is -0.642. The average molecular weight is 254 g/mol. The van der Waals surface area contributed by atoms with Gasteiger partial charge in [0.25, 0.3) is 0 Å². The second-order valence-electron chi connectivity index (χ2n) is 4.46. The first-order valence-corrected chi connectivity index (χ1v) is 5.88.